The van der Waals surface area contributed by atoms with Crippen LogP contribution >= 0.6 is 15.9 Å². The number of nitrogens with zero attached hydrogens (tertiary/aromatic N) is 2. The minimum Gasteiger partial charge on any atom is -0.444 e. The van der Waals surface area contributed by atoms with Gasteiger partial charge in [-0.15, -0.1) is 0 Å². The van der Waals surface area contributed by atoms with Gasteiger partial charge in [0.15, 0.2) is 9.84 Å². The number of hydrogen-bond acceptors (Lipinski definition) is 6. The molecule has 9 heteroatoms. The number of aliphatic hydroxyl groups excluding tert-OH is 1. The monoisotopic (exact) mass is 486 g/mol. The maximum absolute atomic E-state index is 13.7. The molecule has 0 aliphatic carbocycles. The standard InChI is InChI=1S/C20H27BrN2O5S/c1-5-17(23(10-7-11-24)19(25)28-20(2,3)4)29(26,27)16-9-6-8-14-12-22-13-15(21)18(14)16/h6,8-9,12-13,17,24H,5,7,10-11H2,1-4H3. The smallest absolute Gasteiger partial charge is 0.411 e. The number of rotatable bonds is 7. The molecule has 7 nitrogen and oxygen atoms in total. The third kappa shape index (κ3) is 5.46. The second kappa shape index (κ2) is 9.40. The fourth-order valence-electron chi connectivity index (χ4n) is 3.06. The first-order chi connectivity index (χ1) is 13.5. The van der Waals surface area contributed by atoms with Crippen molar-refractivity contribution in [2.45, 2.75) is 56.4 Å². The fraction of sp³-hybridized carbons (Fsp3) is 0.500. The number of aliphatic hydroxyl groups is 1. The normalized spacial score (nSPS) is 13.3. The molecule has 1 aromatic heterocycles. The van der Waals surface area contributed by atoms with E-state index in [-0.39, 0.29) is 30.9 Å². The summed E-state index contributed by atoms with van der Waals surface area (Å²) in [5.74, 6) is 0. The third-order valence-corrected chi connectivity index (χ3v) is 7.10. The van der Waals surface area contributed by atoms with Crippen LogP contribution in [0.5, 0.6) is 0 Å². The molecule has 0 saturated carbocycles. The van der Waals surface area contributed by atoms with Gasteiger partial charge in [-0.3, -0.25) is 9.88 Å². The van der Waals surface area contributed by atoms with Crippen LogP contribution in [-0.2, 0) is 14.6 Å². The van der Waals surface area contributed by atoms with Crippen molar-refractivity contribution in [3.8, 4) is 0 Å². The van der Waals surface area contributed by atoms with Crippen molar-refractivity contribution in [1.29, 1.82) is 0 Å². The Hall–Kier alpha value is -1.71. The van der Waals surface area contributed by atoms with Gasteiger partial charge < -0.3 is 9.84 Å². The van der Waals surface area contributed by atoms with Crippen molar-refractivity contribution in [2.24, 2.45) is 0 Å². The SMILES string of the molecule is CCC(N(CCCO)C(=O)OC(C)(C)C)S(=O)(=O)c1cccc2cncc(Br)c12. The van der Waals surface area contributed by atoms with Crippen LogP contribution in [0.15, 0.2) is 40.0 Å². The van der Waals surface area contributed by atoms with Crippen molar-refractivity contribution in [2.75, 3.05) is 13.2 Å². The highest BCUT2D eigenvalue weighted by molar-refractivity contribution is 9.10. The van der Waals surface area contributed by atoms with E-state index in [4.69, 9.17) is 4.74 Å². The van der Waals surface area contributed by atoms with E-state index in [1.807, 2.05) is 0 Å². The summed E-state index contributed by atoms with van der Waals surface area (Å²) in [4.78, 5) is 18.2. The topological polar surface area (TPSA) is 96.8 Å². The van der Waals surface area contributed by atoms with Crippen LogP contribution in [0, 0.1) is 0 Å². The summed E-state index contributed by atoms with van der Waals surface area (Å²) in [5, 5.41) is 9.31. The van der Waals surface area contributed by atoms with E-state index < -0.39 is 26.9 Å². The zero-order valence-corrected chi connectivity index (χ0v) is 19.5. The molecule has 0 aliphatic heterocycles. The van der Waals surface area contributed by atoms with Gasteiger partial charge in [0.05, 0.1) is 4.90 Å². The number of hydrogen-bond donors (Lipinski definition) is 1. The lowest BCUT2D eigenvalue weighted by Gasteiger charge is -2.33. The lowest BCUT2D eigenvalue weighted by Crippen LogP contribution is -2.47. The van der Waals surface area contributed by atoms with Crippen LogP contribution in [0.2, 0.25) is 0 Å². The quantitative estimate of drug-likeness (QED) is 0.631. The molecule has 2 rings (SSSR count). The maximum atomic E-state index is 13.7. The molecule has 0 bridgehead atoms. The lowest BCUT2D eigenvalue weighted by molar-refractivity contribution is 0.0208. The Morgan fingerprint density at radius 2 is 2.00 bits per heavy atom. The van der Waals surface area contributed by atoms with Gasteiger partial charge >= 0.3 is 6.09 Å². The van der Waals surface area contributed by atoms with Crippen molar-refractivity contribution in [3.05, 3.63) is 35.1 Å². The summed E-state index contributed by atoms with van der Waals surface area (Å²) in [6, 6.07) is 4.97. The highest BCUT2D eigenvalue weighted by atomic mass is 79.9. The van der Waals surface area contributed by atoms with Gasteiger partial charge in [-0.25, -0.2) is 13.2 Å². The van der Waals surface area contributed by atoms with E-state index in [0.29, 0.717) is 15.2 Å². The summed E-state index contributed by atoms with van der Waals surface area (Å²) < 4.78 is 33.3. The Kier molecular flexibility index (Phi) is 7.64. The summed E-state index contributed by atoms with van der Waals surface area (Å²) >= 11 is 3.39. The molecule has 0 fully saturated rings. The minimum atomic E-state index is -3.94. The Morgan fingerprint density at radius 3 is 2.59 bits per heavy atom. The van der Waals surface area contributed by atoms with E-state index in [1.165, 1.54) is 11.0 Å². The Bertz CT molecular complexity index is 967. The molecular weight excluding hydrogens is 460 g/mol. The van der Waals surface area contributed by atoms with Gasteiger partial charge in [-0.2, -0.15) is 0 Å². The van der Waals surface area contributed by atoms with E-state index in [0.717, 1.165) is 0 Å². The Balaban J connectivity index is 2.58. The van der Waals surface area contributed by atoms with Crippen LogP contribution in [0.4, 0.5) is 4.79 Å². The summed E-state index contributed by atoms with van der Waals surface area (Å²) in [6.45, 7) is 6.77. The van der Waals surface area contributed by atoms with Crippen molar-refractivity contribution in [1.82, 2.24) is 9.88 Å². The third-order valence-electron chi connectivity index (χ3n) is 4.25. The summed E-state index contributed by atoms with van der Waals surface area (Å²) in [6.07, 6.45) is 2.83. The van der Waals surface area contributed by atoms with Gasteiger partial charge in [0.25, 0.3) is 0 Å². The zero-order valence-electron chi connectivity index (χ0n) is 17.1. The molecule has 0 radical (unpaired) electrons. The molecule has 0 aliphatic rings. The second-order valence-electron chi connectivity index (χ2n) is 7.63. The van der Waals surface area contributed by atoms with Crippen molar-refractivity contribution < 1.29 is 23.1 Å². The number of amides is 1. The van der Waals surface area contributed by atoms with Crippen LogP contribution in [0.3, 0.4) is 0 Å². The van der Waals surface area contributed by atoms with Gasteiger partial charge in [-0.05, 0) is 55.6 Å². The Morgan fingerprint density at radius 1 is 1.31 bits per heavy atom. The minimum absolute atomic E-state index is 0.0661. The van der Waals surface area contributed by atoms with Gasteiger partial charge in [0, 0.05) is 40.8 Å². The number of carbonyl (C=O) groups is 1. The number of sulfone groups is 1. The zero-order chi connectivity index (χ0) is 21.8. The molecule has 1 amide bonds. The molecular formula is C20H27BrN2O5S. The number of carbonyl (C=O) groups excluding carboxylic acids is 1. The average Bonchev–Trinajstić information content (AvgIpc) is 2.63. The summed E-state index contributed by atoms with van der Waals surface area (Å²) in [7, 11) is -3.94. The first-order valence-corrected chi connectivity index (χ1v) is 11.7. The highest BCUT2D eigenvalue weighted by Gasteiger charge is 2.37. The average molecular weight is 487 g/mol. The molecule has 1 unspecified atom stereocenters. The van der Waals surface area contributed by atoms with Crippen molar-refractivity contribution >= 4 is 42.6 Å². The fourth-order valence-corrected chi connectivity index (χ4v) is 5.80. The number of aromatic nitrogens is 1. The molecule has 1 N–H and O–H groups in total. The molecule has 29 heavy (non-hydrogen) atoms. The van der Waals surface area contributed by atoms with Crippen LogP contribution in [-0.4, -0.2) is 53.6 Å². The van der Waals surface area contributed by atoms with Crippen LogP contribution in [0.1, 0.15) is 40.5 Å². The number of ether oxygens (including phenoxy) is 1. The van der Waals surface area contributed by atoms with Gasteiger partial charge in [0.2, 0.25) is 0 Å². The Labute approximate surface area is 180 Å². The number of benzene rings is 1. The molecule has 0 saturated heterocycles. The molecule has 1 aromatic carbocycles. The van der Waals surface area contributed by atoms with E-state index in [1.54, 1.807) is 52.2 Å². The predicted molar refractivity (Wildman–Crippen MR) is 115 cm³/mol. The molecule has 0 spiro atoms. The first kappa shape index (κ1) is 23.6. The molecule has 160 valence electrons. The van der Waals surface area contributed by atoms with Gasteiger partial charge in [-0.1, -0.05) is 19.1 Å². The van der Waals surface area contributed by atoms with E-state index in [9.17, 15) is 18.3 Å². The van der Waals surface area contributed by atoms with Crippen LogP contribution < -0.4 is 0 Å². The lowest BCUT2D eigenvalue weighted by atomic mass is 10.2. The largest absolute Gasteiger partial charge is 0.444 e. The number of pyridine rings is 1. The van der Waals surface area contributed by atoms with E-state index in [2.05, 4.69) is 20.9 Å². The maximum Gasteiger partial charge on any atom is 0.411 e. The van der Waals surface area contributed by atoms with Crippen molar-refractivity contribution in [3.63, 3.8) is 0 Å². The number of halogens is 1. The predicted octanol–water partition coefficient (Wildman–Crippen LogP) is 4.13. The highest BCUT2D eigenvalue weighted by Crippen LogP contribution is 2.33. The number of fused-ring (bicyclic) bond motifs is 1. The summed E-state index contributed by atoms with van der Waals surface area (Å²) in [5.41, 5.74) is -0.773. The molecule has 2 aromatic rings. The molecule has 1 atom stereocenters. The van der Waals surface area contributed by atoms with Gasteiger partial charge in [0.1, 0.15) is 11.0 Å². The van der Waals surface area contributed by atoms with E-state index >= 15 is 0 Å². The molecule has 1 heterocycles. The second-order valence-corrected chi connectivity index (χ2v) is 10.6. The first-order valence-electron chi connectivity index (χ1n) is 9.39. The van der Waals surface area contributed by atoms with Crippen LogP contribution in [0.25, 0.3) is 10.8 Å².